The van der Waals surface area contributed by atoms with E-state index in [1.54, 1.807) is 13.2 Å². The Morgan fingerprint density at radius 2 is 2.50 bits per heavy atom. The molecule has 0 saturated heterocycles. The molecule has 0 radical (unpaired) electrons. The summed E-state index contributed by atoms with van der Waals surface area (Å²) in [5, 5.41) is 0. The van der Waals surface area contributed by atoms with E-state index in [2.05, 4.69) is 6.58 Å². The monoisotopic (exact) mass is 132 g/mol. The molecule has 0 amide bonds. The maximum atomic E-state index is 5.31. The first kappa shape index (κ1) is 7.57. The van der Waals surface area contributed by atoms with E-state index in [0.717, 1.165) is 5.76 Å². The van der Waals surface area contributed by atoms with Gasteiger partial charge in [0.1, 0.15) is 5.76 Å². The third kappa shape index (κ3) is 2.69. The van der Waals surface area contributed by atoms with E-state index in [0.29, 0.717) is 6.42 Å². The first-order valence-corrected chi connectivity index (χ1v) is 2.73. The molecule has 0 aromatic carbocycles. The smallest absolute Gasteiger partial charge is 0.110 e. The summed E-state index contributed by atoms with van der Waals surface area (Å²) in [5.74, 6) is 0.738. The van der Waals surface area contributed by atoms with Crippen LogP contribution in [0, 0.1) is 0 Å². The Balaban J connectivity index is 3.53. The minimum Gasteiger partial charge on any atom is -0.500 e. The molecule has 0 aliphatic rings. The zero-order valence-corrected chi connectivity index (χ0v) is 5.61. The average Bonchev–Trinajstić information content (AvgIpc) is 1.83. The SMILES string of the molecule is C=CCC(=CCl)OC. The molecule has 0 N–H and O–H groups in total. The molecule has 0 saturated carbocycles. The Morgan fingerprint density at radius 1 is 1.88 bits per heavy atom. The van der Waals surface area contributed by atoms with Crippen LogP contribution in [0.3, 0.4) is 0 Å². The van der Waals surface area contributed by atoms with Crippen LogP contribution in [-0.2, 0) is 4.74 Å². The van der Waals surface area contributed by atoms with Gasteiger partial charge in [-0.05, 0) is 0 Å². The van der Waals surface area contributed by atoms with Gasteiger partial charge in [0.25, 0.3) is 0 Å². The maximum Gasteiger partial charge on any atom is 0.110 e. The van der Waals surface area contributed by atoms with Crippen molar-refractivity contribution in [1.82, 2.24) is 0 Å². The van der Waals surface area contributed by atoms with E-state index in [-0.39, 0.29) is 0 Å². The molecule has 0 fully saturated rings. The normalized spacial score (nSPS) is 11.0. The standard InChI is InChI=1S/C6H9ClO/c1-3-4-6(5-7)8-2/h3,5H,1,4H2,2H3. The Kier molecular flexibility index (Phi) is 4.47. The largest absolute Gasteiger partial charge is 0.500 e. The molecule has 0 atom stereocenters. The molecule has 0 aromatic rings. The van der Waals surface area contributed by atoms with Crippen LogP contribution >= 0.6 is 11.6 Å². The highest BCUT2D eigenvalue weighted by molar-refractivity contribution is 6.25. The van der Waals surface area contributed by atoms with Gasteiger partial charge in [0.2, 0.25) is 0 Å². The number of hydrogen-bond donors (Lipinski definition) is 0. The summed E-state index contributed by atoms with van der Waals surface area (Å²) in [6, 6.07) is 0. The first-order chi connectivity index (χ1) is 3.85. The van der Waals surface area contributed by atoms with E-state index in [1.807, 2.05) is 0 Å². The lowest BCUT2D eigenvalue weighted by atomic mass is 10.4. The zero-order valence-electron chi connectivity index (χ0n) is 4.86. The molecule has 0 spiro atoms. The lowest BCUT2D eigenvalue weighted by Gasteiger charge is -1.97. The van der Waals surface area contributed by atoms with Gasteiger partial charge >= 0.3 is 0 Å². The quantitative estimate of drug-likeness (QED) is 0.423. The number of allylic oxidation sites excluding steroid dienone is 1. The molecular weight excluding hydrogens is 124 g/mol. The third-order valence-electron chi connectivity index (χ3n) is 0.729. The molecule has 0 unspecified atom stereocenters. The van der Waals surface area contributed by atoms with Crippen LogP contribution < -0.4 is 0 Å². The summed E-state index contributed by atoms with van der Waals surface area (Å²) < 4.78 is 4.80. The molecule has 0 bridgehead atoms. The van der Waals surface area contributed by atoms with Crippen molar-refractivity contribution >= 4 is 11.6 Å². The van der Waals surface area contributed by atoms with Crippen molar-refractivity contribution < 1.29 is 4.74 Å². The van der Waals surface area contributed by atoms with Gasteiger partial charge in [0.05, 0.1) is 7.11 Å². The molecule has 1 nitrogen and oxygen atoms in total. The number of halogens is 1. The number of methoxy groups -OCH3 is 1. The van der Waals surface area contributed by atoms with Gasteiger partial charge in [-0.2, -0.15) is 0 Å². The molecule has 2 heteroatoms. The van der Waals surface area contributed by atoms with Crippen LogP contribution in [0.15, 0.2) is 23.9 Å². The summed E-state index contributed by atoms with van der Waals surface area (Å²) in [6.45, 7) is 3.52. The fraction of sp³-hybridized carbons (Fsp3) is 0.333. The Labute approximate surface area is 54.6 Å². The van der Waals surface area contributed by atoms with Crippen LogP contribution in [0.5, 0.6) is 0 Å². The fourth-order valence-corrected chi connectivity index (χ4v) is 0.493. The van der Waals surface area contributed by atoms with Crippen molar-refractivity contribution in [3.05, 3.63) is 23.9 Å². The van der Waals surface area contributed by atoms with Gasteiger partial charge < -0.3 is 4.74 Å². The van der Waals surface area contributed by atoms with Crippen LogP contribution in [0.4, 0.5) is 0 Å². The van der Waals surface area contributed by atoms with Crippen molar-refractivity contribution in [2.24, 2.45) is 0 Å². The summed E-state index contributed by atoms with van der Waals surface area (Å²) in [7, 11) is 1.58. The number of ether oxygens (including phenoxy) is 1. The molecule has 0 heterocycles. The summed E-state index contributed by atoms with van der Waals surface area (Å²) in [5.41, 5.74) is 1.40. The number of hydrogen-bond acceptors (Lipinski definition) is 1. The minimum absolute atomic E-state index is 0.694. The third-order valence-corrected chi connectivity index (χ3v) is 0.973. The Morgan fingerprint density at radius 3 is 2.62 bits per heavy atom. The van der Waals surface area contributed by atoms with E-state index in [4.69, 9.17) is 16.3 Å². The van der Waals surface area contributed by atoms with Gasteiger partial charge in [-0.1, -0.05) is 17.7 Å². The molecular formula is C6H9ClO. The van der Waals surface area contributed by atoms with E-state index in [1.165, 1.54) is 5.54 Å². The molecule has 0 aliphatic carbocycles. The Bertz CT molecular complexity index is 96.7. The van der Waals surface area contributed by atoms with Crippen molar-refractivity contribution in [2.45, 2.75) is 6.42 Å². The summed E-state index contributed by atoms with van der Waals surface area (Å²) in [4.78, 5) is 0. The molecule has 46 valence electrons. The van der Waals surface area contributed by atoms with Gasteiger partial charge in [0.15, 0.2) is 0 Å². The average molecular weight is 133 g/mol. The fourth-order valence-electron chi connectivity index (χ4n) is 0.315. The second-order valence-corrected chi connectivity index (χ2v) is 1.49. The van der Waals surface area contributed by atoms with Crippen LogP contribution in [0.1, 0.15) is 6.42 Å². The van der Waals surface area contributed by atoms with Crippen molar-refractivity contribution in [2.75, 3.05) is 7.11 Å². The second kappa shape index (κ2) is 4.72. The van der Waals surface area contributed by atoms with Crippen molar-refractivity contribution in [1.29, 1.82) is 0 Å². The van der Waals surface area contributed by atoms with Gasteiger partial charge in [-0.3, -0.25) is 0 Å². The van der Waals surface area contributed by atoms with E-state index >= 15 is 0 Å². The molecule has 0 rings (SSSR count). The highest BCUT2D eigenvalue weighted by Gasteiger charge is 1.86. The van der Waals surface area contributed by atoms with Gasteiger partial charge in [-0.25, -0.2) is 0 Å². The predicted molar refractivity (Wildman–Crippen MR) is 35.8 cm³/mol. The molecule has 0 aromatic heterocycles. The van der Waals surface area contributed by atoms with Gasteiger partial charge in [-0.15, -0.1) is 6.58 Å². The van der Waals surface area contributed by atoms with Crippen LogP contribution in [0.2, 0.25) is 0 Å². The van der Waals surface area contributed by atoms with Crippen molar-refractivity contribution in [3.63, 3.8) is 0 Å². The highest BCUT2D eigenvalue weighted by atomic mass is 35.5. The summed E-state index contributed by atoms with van der Waals surface area (Å²) >= 11 is 5.31. The lowest BCUT2D eigenvalue weighted by molar-refractivity contribution is 0.286. The second-order valence-electron chi connectivity index (χ2n) is 1.27. The predicted octanol–water partition coefficient (Wildman–Crippen LogP) is 2.29. The summed E-state index contributed by atoms with van der Waals surface area (Å²) in [6.07, 6.45) is 2.43. The number of rotatable bonds is 3. The van der Waals surface area contributed by atoms with Crippen molar-refractivity contribution in [3.8, 4) is 0 Å². The van der Waals surface area contributed by atoms with Crippen LogP contribution in [0.25, 0.3) is 0 Å². The topological polar surface area (TPSA) is 9.23 Å². The minimum atomic E-state index is 0.694. The van der Waals surface area contributed by atoms with E-state index < -0.39 is 0 Å². The lowest BCUT2D eigenvalue weighted by Crippen LogP contribution is -1.80. The van der Waals surface area contributed by atoms with E-state index in [9.17, 15) is 0 Å². The maximum absolute atomic E-state index is 5.31. The highest BCUT2D eigenvalue weighted by Crippen LogP contribution is 2.02. The Hall–Kier alpha value is -0.430. The molecule has 0 aliphatic heterocycles. The molecule has 8 heavy (non-hydrogen) atoms. The van der Waals surface area contributed by atoms with Gasteiger partial charge in [0, 0.05) is 12.0 Å². The first-order valence-electron chi connectivity index (χ1n) is 2.29. The van der Waals surface area contributed by atoms with Crippen LogP contribution in [-0.4, -0.2) is 7.11 Å². The zero-order chi connectivity index (χ0) is 6.41.